The van der Waals surface area contributed by atoms with Crippen LogP contribution in [-0.4, -0.2) is 16.2 Å². The molecule has 3 rings (SSSR count). The van der Waals surface area contributed by atoms with E-state index in [0.717, 1.165) is 28.9 Å². The van der Waals surface area contributed by atoms with Gasteiger partial charge in [0, 0.05) is 11.4 Å². The fourth-order valence-electron chi connectivity index (χ4n) is 3.03. The summed E-state index contributed by atoms with van der Waals surface area (Å²) in [5.74, 6) is 1.33. The van der Waals surface area contributed by atoms with Crippen molar-refractivity contribution in [2.45, 2.75) is 32.7 Å². The maximum atomic E-state index is 9.28. The molecule has 4 heteroatoms. The van der Waals surface area contributed by atoms with Crippen molar-refractivity contribution >= 4 is 16.6 Å². The smallest absolute Gasteiger partial charge is 0.186 e. The van der Waals surface area contributed by atoms with Crippen molar-refractivity contribution in [3.05, 3.63) is 30.0 Å². The molecular weight excluding hydrogens is 248 g/mol. The van der Waals surface area contributed by atoms with Crippen molar-refractivity contribution in [1.82, 2.24) is 10.2 Å². The zero-order chi connectivity index (χ0) is 14.1. The van der Waals surface area contributed by atoms with Crippen molar-refractivity contribution in [2.75, 3.05) is 5.32 Å². The van der Waals surface area contributed by atoms with E-state index >= 15 is 0 Å². The second kappa shape index (κ2) is 5.09. The van der Waals surface area contributed by atoms with E-state index < -0.39 is 0 Å². The van der Waals surface area contributed by atoms with Crippen LogP contribution in [0.15, 0.2) is 24.3 Å². The molecular formula is C16H18N4. The largest absolute Gasteiger partial charge is 0.379 e. The van der Waals surface area contributed by atoms with Crippen LogP contribution in [0.3, 0.4) is 0 Å². The Morgan fingerprint density at radius 3 is 2.70 bits per heavy atom. The van der Waals surface area contributed by atoms with Gasteiger partial charge in [0.15, 0.2) is 5.69 Å². The van der Waals surface area contributed by atoms with E-state index in [1.165, 1.54) is 6.42 Å². The molecule has 0 radical (unpaired) electrons. The van der Waals surface area contributed by atoms with Crippen LogP contribution in [0, 0.1) is 23.2 Å². The molecule has 3 unspecified atom stereocenters. The first-order valence-corrected chi connectivity index (χ1v) is 7.12. The maximum Gasteiger partial charge on any atom is 0.186 e. The zero-order valence-corrected chi connectivity index (χ0v) is 11.8. The first-order chi connectivity index (χ1) is 9.70. The molecule has 1 saturated carbocycles. The molecule has 1 aromatic heterocycles. The van der Waals surface area contributed by atoms with Crippen molar-refractivity contribution in [3.63, 3.8) is 0 Å². The molecule has 0 bridgehead atoms. The van der Waals surface area contributed by atoms with Gasteiger partial charge in [0.05, 0.1) is 11.2 Å². The second-order valence-corrected chi connectivity index (χ2v) is 5.72. The lowest BCUT2D eigenvalue weighted by Crippen LogP contribution is -2.25. The summed E-state index contributed by atoms with van der Waals surface area (Å²) in [4.78, 5) is 0. The van der Waals surface area contributed by atoms with Crippen LogP contribution >= 0.6 is 0 Å². The first-order valence-electron chi connectivity index (χ1n) is 7.12. The molecule has 1 aromatic carbocycles. The Balaban J connectivity index is 2.04. The standard InChI is InChI=1S/C16H18N4/c1-10-7-8-13(11(10)2)18-16-12-5-3-4-6-14(12)19-20-15(16)9-17/h3-6,10-11,13H,7-8H2,1-2H3,(H,18,19). The quantitative estimate of drug-likeness (QED) is 0.905. The molecule has 0 saturated heterocycles. The molecule has 2 aromatic rings. The Bertz CT molecular complexity index is 674. The lowest BCUT2D eigenvalue weighted by Gasteiger charge is -2.22. The van der Waals surface area contributed by atoms with Gasteiger partial charge in [-0.05, 0) is 30.7 Å². The first kappa shape index (κ1) is 12.9. The molecule has 3 atom stereocenters. The van der Waals surface area contributed by atoms with E-state index in [4.69, 9.17) is 0 Å². The fraction of sp³-hybridized carbons (Fsp3) is 0.438. The molecule has 0 amide bonds. The summed E-state index contributed by atoms with van der Waals surface area (Å²) in [5.41, 5.74) is 2.05. The molecule has 1 aliphatic rings. The number of aromatic nitrogens is 2. The van der Waals surface area contributed by atoms with Crippen LogP contribution in [0.2, 0.25) is 0 Å². The highest BCUT2D eigenvalue weighted by molar-refractivity contribution is 5.92. The molecule has 1 heterocycles. The van der Waals surface area contributed by atoms with E-state index in [1.54, 1.807) is 0 Å². The van der Waals surface area contributed by atoms with Gasteiger partial charge in [-0.2, -0.15) is 5.26 Å². The Morgan fingerprint density at radius 1 is 1.20 bits per heavy atom. The summed E-state index contributed by atoms with van der Waals surface area (Å²) in [6.45, 7) is 4.57. The lowest BCUT2D eigenvalue weighted by molar-refractivity contribution is 0.435. The number of rotatable bonds is 2. The van der Waals surface area contributed by atoms with Gasteiger partial charge in [0.25, 0.3) is 0 Å². The van der Waals surface area contributed by atoms with Crippen LogP contribution in [0.25, 0.3) is 10.9 Å². The van der Waals surface area contributed by atoms with Crippen LogP contribution < -0.4 is 5.32 Å². The van der Waals surface area contributed by atoms with E-state index in [2.05, 4.69) is 35.4 Å². The fourth-order valence-corrected chi connectivity index (χ4v) is 3.03. The van der Waals surface area contributed by atoms with Gasteiger partial charge < -0.3 is 5.32 Å². The van der Waals surface area contributed by atoms with Crippen LogP contribution in [0.4, 0.5) is 5.69 Å². The molecule has 20 heavy (non-hydrogen) atoms. The summed E-state index contributed by atoms with van der Waals surface area (Å²) in [7, 11) is 0. The number of fused-ring (bicyclic) bond motifs is 1. The van der Waals surface area contributed by atoms with Gasteiger partial charge in [0.1, 0.15) is 6.07 Å². The molecule has 0 spiro atoms. The van der Waals surface area contributed by atoms with Crippen molar-refractivity contribution in [3.8, 4) is 6.07 Å². The number of nitrogens with zero attached hydrogens (tertiary/aromatic N) is 3. The van der Waals surface area contributed by atoms with Crippen LogP contribution in [0.1, 0.15) is 32.4 Å². The molecule has 1 fully saturated rings. The van der Waals surface area contributed by atoms with Gasteiger partial charge in [-0.1, -0.05) is 32.0 Å². The summed E-state index contributed by atoms with van der Waals surface area (Å²) < 4.78 is 0. The number of anilines is 1. The highest BCUT2D eigenvalue weighted by Gasteiger charge is 2.30. The average Bonchev–Trinajstić information content (AvgIpc) is 2.79. The second-order valence-electron chi connectivity index (χ2n) is 5.72. The third-order valence-electron chi connectivity index (χ3n) is 4.57. The molecule has 0 aliphatic heterocycles. The van der Waals surface area contributed by atoms with Crippen molar-refractivity contribution < 1.29 is 0 Å². The number of benzene rings is 1. The SMILES string of the molecule is CC1CCC(Nc2c(C#N)nnc3ccccc23)C1C. The van der Waals surface area contributed by atoms with Crippen LogP contribution in [0.5, 0.6) is 0 Å². The zero-order valence-electron chi connectivity index (χ0n) is 11.8. The third-order valence-corrected chi connectivity index (χ3v) is 4.57. The summed E-state index contributed by atoms with van der Waals surface area (Å²) in [6, 6.07) is 10.4. The van der Waals surface area contributed by atoms with Crippen molar-refractivity contribution in [2.24, 2.45) is 11.8 Å². The van der Waals surface area contributed by atoms with Crippen LogP contribution in [-0.2, 0) is 0 Å². The molecule has 102 valence electrons. The predicted octanol–water partition coefficient (Wildman–Crippen LogP) is 3.35. The molecule has 1 N–H and O–H groups in total. The van der Waals surface area contributed by atoms with Gasteiger partial charge in [-0.15, -0.1) is 10.2 Å². The van der Waals surface area contributed by atoms with E-state index in [9.17, 15) is 5.26 Å². The summed E-state index contributed by atoms with van der Waals surface area (Å²) >= 11 is 0. The van der Waals surface area contributed by atoms with Crippen molar-refractivity contribution in [1.29, 1.82) is 5.26 Å². The number of hydrogen-bond donors (Lipinski definition) is 1. The average molecular weight is 266 g/mol. The highest BCUT2D eigenvalue weighted by Crippen LogP contribution is 2.35. The lowest BCUT2D eigenvalue weighted by atomic mass is 9.97. The Labute approximate surface area is 118 Å². The van der Waals surface area contributed by atoms with Gasteiger partial charge in [0.2, 0.25) is 0 Å². The minimum absolute atomic E-state index is 0.385. The van der Waals surface area contributed by atoms with Gasteiger partial charge in [-0.25, -0.2) is 0 Å². The third kappa shape index (κ3) is 2.09. The predicted molar refractivity (Wildman–Crippen MR) is 79.2 cm³/mol. The molecule has 1 aliphatic carbocycles. The summed E-state index contributed by atoms with van der Waals surface area (Å²) in [6.07, 6.45) is 2.38. The minimum atomic E-state index is 0.385. The normalized spacial score (nSPS) is 25.6. The topological polar surface area (TPSA) is 61.6 Å². The number of hydrogen-bond acceptors (Lipinski definition) is 4. The Hall–Kier alpha value is -2.15. The minimum Gasteiger partial charge on any atom is -0.379 e. The number of nitrogens with one attached hydrogen (secondary N) is 1. The van der Waals surface area contributed by atoms with Gasteiger partial charge >= 0.3 is 0 Å². The monoisotopic (exact) mass is 266 g/mol. The van der Waals surface area contributed by atoms with E-state index in [-0.39, 0.29) is 0 Å². The van der Waals surface area contributed by atoms with Gasteiger partial charge in [-0.3, -0.25) is 0 Å². The molecule has 4 nitrogen and oxygen atoms in total. The Morgan fingerprint density at radius 2 is 2.00 bits per heavy atom. The summed E-state index contributed by atoms with van der Waals surface area (Å²) in [5, 5.41) is 22.0. The van der Waals surface area contributed by atoms with E-state index in [0.29, 0.717) is 17.7 Å². The van der Waals surface area contributed by atoms with E-state index in [1.807, 2.05) is 24.3 Å². The number of nitriles is 1. The maximum absolute atomic E-state index is 9.28. The Kier molecular flexibility index (Phi) is 3.27. The highest BCUT2D eigenvalue weighted by atomic mass is 15.1.